The van der Waals surface area contributed by atoms with Gasteiger partial charge in [0.2, 0.25) is 0 Å². The Morgan fingerprint density at radius 3 is 1.33 bits per heavy atom. The molecule has 0 amide bonds. The summed E-state index contributed by atoms with van der Waals surface area (Å²) in [5, 5.41) is 19.6. The van der Waals surface area contributed by atoms with Crippen molar-refractivity contribution >= 4 is 22.1 Å². The maximum atomic E-state index is 11.7. The Labute approximate surface area is 94.5 Å². The summed E-state index contributed by atoms with van der Waals surface area (Å²) in [6.45, 7) is 13.8. The van der Waals surface area contributed by atoms with Gasteiger partial charge in [0.05, 0.1) is 26.9 Å². The van der Waals surface area contributed by atoms with Crippen LogP contribution in [0.3, 0.4) is 0 Å². The standard InChI is InChI=1S/C10H24O3Si2/c1-8(11)10(9(12)13,14(2,3)4)15(5,6)7/h8,11H,1-7H3,(H,12,13). The van der Waals surface area contributed by atoms with Crippen molar-refractivity contribution in [3.63, 3.8) is 0 Å². The van der Waals surface area contributed by atoms with Crippen LogP contribution in [0.1, 0.15) is 6.92 Å². The molecular weight excluding hydrogens is 224 g/mol. The van der Waals surface area contributed by atoms with Crippen LogP contribution in [0.5, 0.6) is 0 Å². The van der Waals surface area contributed by atoms with Crippen LogP contribution in [0.4, 0.5) is 0 Å². The van der Waals surface area contributed by atoms with Crippen LogP contribution in [-0.4, -0.2) is 38.4 Å². The highest BCUT2D eigenvalue weighted by atomic mass is 28.4. The highest BCUT2D eigenvalue weighted by Crippen LogP contribution is 2.49. The molecule has 0 aliphatic heterocycles. The zero-order valence-corrected chi connectivity index (χ0v) is 12.9. The Balaban J connectivity index is 5.85. The maximum absolute atomic E-state index is 11.7. The predicted octanol–water partition coefficient (Wildman–Crippen LogP) is 2.41. The molecule has 0 aliphatic rings. The fraction of sp³-hybridized carbons (Fsp3) is 0.900. The van der Waals surface area contributed by atoms with Crippen molar-refractivity contribution in [1.82, 2.24) is 0 Å². The minimum absolute atomic E-state index is 0.770. The maximum Gasteiger partial charge on any atom is 0.306 e. The summed E-state index contributed by atoms with van der Waals surface area (Å²) in [5.41, 5.74) is 0. The third-order valence-electron chi connectivity index (χ3n) is 3.33. The van der Waals surface area contributed by atoms with Crippen molar-refractivity contribution in [1.29, 1.82) is 0 Å². The Hall–Kier alpha value is -0.136. The van der Waals surface area contributed by atoms with Crippen LogP contribution < -0.4 is 0 Å². The monoisotopic (exact) mass is 248 g/mol. The van der Waals surface area contributed by atoms with E-state index in [4.69, 9.17) is 0 Å². The lowest BCUT2D eigenvalue weighted by atomic mass is 10.2. The van der Waals surface area contributed by atoms with Gasteiger partial charge in [-0.05, 0) is 6.92 Å². The van der Waals surface area contributed by atoms with E-state index in [1.807, 2.05) is 39.3 Å². The second kappa shape index (κ2) is 4.03. The molecule has 1 atom stereocenters. The number of rotatable bonds is 4. The molecule has 0 spiro atoms. The third kappa shape index (κ3) is 2.19. The summed E-state index contributed by atoms with van der Waals surface area (Å²) < 4.78 is -0.875. The molecule has 0 aliphatic carbocycles. The number of carboxylic acid groups (broad SMARTS) is 1. The molecule has 0 fully saturated rings. The van der Waals surface area contributed by atoms with Crippen LogP contribution in [-0.2, 0) is 4.79 Å². The van der Waals surface area contributed by atoms with Gasteiger partial charge in [-0.1, -0.05) is 39.3 Å². The van der Waals surface area contributed by atoms with Crippen LogP contribution >= 0.6 is 0 Å². The zero-order chi connectivity index (χ0) is 12.7. The normalized spacial score (nSPS) is 16.3. The van der Waals surface area contributed by atoms with Crippen molar-refractivity contribution in [3.8, 4) is 0 Å². The van der Waals surface area contributed by atoms with E-state index in [9.17, 15) is 15.0 Å². The smallest absolute Gasteiger partial charge is 0.306 e. The van der Waals surface area contributed by atoms with E-state index >= 15 is 0 Å². The Kier molecular flexibility index (Phi) is 3.99. The highest BCUT2D eigenvalue weighted by molar-refractivity contribution is 7.02. The Morgan fingerprint density at radius 2 is 1.33 bits per heavy atom. The number of carboxylic acids is 1. The fourth-order valence-electron chi connectivity index (χ4n) is 3.20. The molecule has 5 heteroatoms. The van der Waals surface area contributed by atoms with Gasteiger partial charge in [-0.25, -0.2) is 0 Å². The minimum atomic E-state index is -1.99. The summed E-state index contributed by atoms with van der Waals surface area (Å²) in [6, 6.07) is 0. The molecule has 0 radical (unpaired) electrons. The van der Waals surface area contributed by atoms with Gasteiger partial charge in [-0.2, -0.15) is 0 Å². The molecule has 0 heterocycles. The Bertz CT molecular complexity index is 234. The molecule has 90 valence electrons. The van der Waals surface area contributed by atoms with Crippen molar-refractivity contribution < 1.29 is 15.0 Å². The van der Waals surface area contributed by atoms with Gasteiger partial charge in [-0.15, -0.1) is 0 Å². The van der Waals surface area contributed by atoms with E-state index in [2.05, 4.69) is 0 Å². The van der Waals surface area contributed by atoms with Crippen LogP contribution in [0.15, 0.2) is 0 Å². The Morgan fingerprint density at radius 1 is 1.07 bits per heavy atom. The van der Waals surface area contributed by atoms with Crippen LogP contribution in [0.25, 0.3) is 0 Å². The molecule has 0 bridgehead atoms. The lowest BCUT2D eigenvalue weighted by molar-refractivity contribution is -0.141. The molecule has 0 saturated heterocycles. The van der Waals surface area contributed by atoms with E-state index in [0.717, 1.165) is 0 Å². The van der Waals surface area contributed by atoms with Gasteiger partial charge in [0.1, 0.15) is 0 Å². The molecule has 0 aromatic rings. The van der Waals surface area contributed by atoms with E-state index in [-0.39, 0.29) is 0 Å². The van der Waals surface area contributed by atoms with Crippen molar-refractivity contribution in [2.75, 3.05) is 0 Å². The predicted molar refractivity (Wildman–Crippen MR) is 68.7 cm³/mol. The molecular formula is C10H24O3Si2. The zero-order valence-electron chi connectivity index (χ0n) is 10.9. The second-order valence-electron chi connectivity index (χ2n) is 6.29. The summed E-state index contributed by atoms with van der Waals surface area (Å²) >= 11 is 0. The van der Waals surface area contributed by atoms with E-state index < -0.39 is 32.9 Å². The van der Waals surface area contributed by atoms with Crippen molar-refractivity contribution in [2.24, 2.45) is 0 Å². The van der Waals surface area contributed by atoms with Gasteiger partial charge in [-0.3, -0.25) is 4.79 Å². The number of hydrogen-bond acceptors (Lipinski definition) is 2. The number of aliphatic carboxylic acids is 1. The van der Waals surface area contributed by atoms with Crippen molar-refractivity contribution in [2.45, 2.75) is 57.0 Å². The summed E-state index contributed by atoms with van der Waals surface area (Å²) in [6.07, 6.45) is -0.770. The lowest BCUT2D eigenvalue weighted by Gasteiger charge is -2.50. The first kappa shape index (κ1) is 14.9. The van der Waals surface area contributed by atoms with Gasteiger partial charge in [0, 0.05) is 0 Å². The summed E-state index contributed by atoms with van der Waals surface area (Å²) in [5.74, 6) is -0.809. The molecule has 1 unspecified atom stereocenters. The lowest BCUT2D eigenvalue weighted by Crippen LogP contribution is -2.63. The molecule has 0 aromatic heterocycles. The molecule has 2 N–H and O–H groups in total. The first-order chi connectivity index (χ1) is 6.39. The average Bonchev–Trinajstić information content (AvgIpc) is 1.75. The number of hydrogen-bond donors (Lipinski definition) is 2. The first-order valence-corrected chi connectivity index (χ1v) is 12.3. The third-order valence-corrected chi connectivity index (χ3v) is 13.8. The van der Waals surface area contributed by atoms with Gasteiger partial charge >= 0.3 is 5.97 Å². The first-order valence-electron chi connectivity index (χ1n) is 5.30. The van der Waals surface area contributed by atoms with Gasteiger partial charge in [0.25, 0.3) is 0 Å². The van der Waals surface area contributed by atoms with Gasteiger partial charge < -0.3 is 10.2 Å². The summed E-state index contributed by atoms with van der Waals surface area (Å²) in [7, 11) is -3.97. The number of carbonyl (C=O) groups is 1. The molecule has 0 aromatic carbocycles. The number of aliphatic hydroxyl groups is 1. The fourth-order valence-corrected chi connectivity index (χ4v) is 16.0. The molecule has 0 saturated carbocycles. The minimum Gasteiger partial charge on any atom is -0.481 e. The SMILES string of the molecule is CC(O)C(C(=O)O)([Si](C)(C)C)[Si](C)(C)C. The average molecular weight is 248 g/mol. The molecule has 3 nitrogen and oxygen atoms in total. The van der Waals surface area contributed by atoms with E-state index in [0.29, 0.717) is 0 Å². The topological polar surface area (TPSA) is 57.5 Å². The summed E-state index contributed by atoms with van der Waals surface area (Å²) in [4.78, 5) is 11.7. The van der Waals surface area contributed by atoms with E-state index in [1.165, 1.54) is 0 Å². The largest absolute Gasteiger partial charge is 0.481 e. The molecule has 15 heavy (non-hydrogen) atoms. The quantitative estimate of drug-likeness (QED) is 0.751. The van der Waals surface area contributed by atoms with Gasteiger partial charge in [0.15, 0.2) is 0 Å². The second-order valence-corrected chi connectivity index (χ2v) is 17.4. The van der Waals surface area contributed by atoms with E-state index in [1.54, 1.807) is 6.92 Å². The molecule has 0 rings (SSSR count). The van der Waals surface area contributed by atoms with Crippen LogP contribution in [0.2, 0.25) is 43.9 Å². The van der Waals surface area contributed by atoms with Crippen molar-refractivity contribution in [3.05, 3.63) is 0 Å². The highest BCUT2D eigenvalue weighted by Gasteiger charge is 2.61. The van der Waals surface area contributed by atoms with Crippen LogP contribution in [0, 0.1) is 0 Å². The number of aliphatic hydroxyl groups excluding tert-OH is 1.